The quantitative estimate of drug-likeness (QED) is 0.845. The van der Waals surface area contributed by atoms with Crippen molar-refractivity contribution in [2.24, 2.45) is 0 Å². The lowest BCUT2D eigenvalue weighted by Crippen LogP contribution is -2.35. The van der Waals surface area contributed by atoms with E-state index in [0.717, 1.165) is 6.07 Å². The Labute approximate surface area is 114 Å². The fourth-order valence-electron chi connectivity index (χ4n) is 1.81. The molecule has 2 aromatic rings. The molecule has 1 atom stereocenters. The van der Waals surface area contributed by atoms with Gasteiger partial charge in [-0.1, -0.05) is 42.5 Å². The number of benzene rings is 2. The van der Waals surface area contributed by atoms with E-state index in [9.17, 15) is 23.8 Å². The summed E-state index contributed by atoms with van der Waals surface area (Å²) in [6.07, 6.45) is -2.32. The number of ketones is 1. The maximum Gasteiger partial charge on any atom is 0.339 e. The standard InChI is InChI=1S/C15H12F2O3/c16-15(17,13(19)10-5-2-1-3-6-10)14(20)11-7-4-8-12(18)9-11/h1-9,14,18,20H. The number of hydrogen-bond acceptors (Lipinski definition) is 3. The summed E-state index contributed by atoms with van der Waals surface area (Å²) in [7, 11) is 0. The van der Waals surface area contributed by atoms with Crippen LogP contribution in [0.2, 0.25) is 0 Å². The van der Waals surface area contributed by atoms with Gasteiger partial charge in [-0.05, 0) is 17.7 Å². The number of carbonyl (C=O) groups excluding carboxylic acids is 1. The number of rotatable bonds is 4. The van der Waals surface area contributed by atoms with Crippen LogP contribution in [0.1, 0.15) is 22.0 Å². The second kappa shape index (κ2) is 5.38. The van der Waals surface area contributed by atoms with Gasteiger partial charge in [0.05, 0.1) is 0 Å². The number of aliphatic hydroxyl groups is 1. The first-order chi connectivity index (χ1) is 9.43. The van der Waals surface area contributed by atoms with Crippen LogP contribution < -0.4 is 0 Å². The van der Waals surface area contributed by atoms with E-state index >= 15 is 0 Å². The monoisotopic (exact) mass is 278 g/mol. The molecule has 2 rings (SSSR count). The molecule has 20 heavy (non-hydrogen) atoms. The summed E-state index contributed by atoms with van der Waals surface area (Å²) in [5.74, 6) is -5.70. The van der Waals surface area contributed by atoms with Crippen molar-refractivity contribution in [3.8, 4) is 5.75 Å². The van der Waals surface area contributed by atoms with Gasteiger partial charge in [-0.25, -0.2) is 0 Å². The van der Waals surface area contributed by atoms with Crippen molar-refractivity contribution in [1.82, 2.24) is 0 Å². The Morgan fingerprint density at radius 1 is 1.05 bits per heavy atom. The van der Waals surface area contributed by atoms with Gasteiger partial charge in [-0.2, -0.15) is 8.78 Å². The van der Waals surface area contributed by atoms with Gasteiger partial charge in [-0.3, -0.25) is 4.79 Å². The molecule has 5 heteroatoms. The molecule has 104 valence electrons. The number of phenols is 1. The van der Waals surface area contributed by atoms with Crippen molar-refractivity contribution in [3.63, 3.8) is 0 Å². The summed E-state index contributed by atoms with van der Waals surface area (Å²) in [6.45, 7) is 0. The minimum absolute atomic E-state index is 0.184. The highest BCUT2D eigenvalue weighted by molar-refractivity contribution is 6.01. The van der Waals surface area contributed by atoms with Crippen LogP contribution in [-0.2, 0) is 0 Å². The number of Topliss-reactive ketones (excluding diaryl/α,β-unsaturated/α-hetero) is 1. The fourth-order valence-corrected chi connectivity index (χ4v) is 1.81. The number of halogens is 2. The average molecular weight is 278 g/mol. The molecule has 3 nitrogen and oxygen atoms in total. The van der Waals surface area contributed by atoms with Crippen molar-refractivity contribution in [3.05, 3.63) is 65.7 Å². The topological polar surface area (TPSA) is 57.5 Å². The van der Waals surface area contributed by atoms with Gasteiger partial charge in [-0.15, -0.1) is 0 Å². The molecular formula is C15H12F2O3. The Kier molecular flexibility index (Phi) is 3.81. The first kappa shape index (κ1) is 14.1. The van der Waals surface area contributed by atoms with Gasteiger partial charge in [0.15, 0.2) is 6.10 Å². The Bertz CT molecular complexity index is 612. The van der Waals surface area contributed by atoms with Crippen molar-refractivity contribution in [1.29, 1.82) is 0 Å². The molecule has 0 fully saturated rings. The summed E-state index contributed by atoms with van der Waals surface area (Å²) >= 11 is 0. The second-order valence-electron chi connectivity index (χ2n) is 4.32. The van der Waals surface area contributed by atoms with E-state index in [-0.39, 0.29) is 16.9 Å². The highest BCUT2D eigenvalue weighted by atomic mass is 19.3. The van der Waals surface area contributed by atoms with Crippen molar-refractivity contribution < 1.29 is 23.8 Å². The number of aliphatic hydroxyl groups excluding tert-OH is 1. The largest absolute Gasteiger partial charge is 0.508 e. The molecule has 0 aliphatic heterocycles. The number of hydrogen-bond donors (Lipinski definition) is 2. The number of aromatic hydroxyl groups is 1. The molecule has 2 aromatic carbocycles. The van der Waals surface area contributed by atoms with Crippen LogP contribution in [0.5, 0.6) is 5.75 Å². The predicted octanol–water partition coefficient (Wildman–Crippen LogP) is 2.94. The maximum atomic E-state index is 14.0. The SMILES string of the molecule is O=C(c1ccccc1)C(F)(F)C(O)c1cccc(O)c1. The van der Waals surface area contributed by atoms with E-state index in [1.54, 1.807) is 6.07 Å². The number of phenolic OH excluding ortho intramolecular Hbond substituents is 1. The zero-order valence-electron chi connectivity index (χ0n) is 10.3. The number of alkyl halides is 2. The summed E-state index contributed by atoms with van der Waals surface area (Å²) < 4.78 is 28.1. The summed E-state index contributed by atoms with van der Waals surface area (Å²) in [4.78, 5) is 11.8. The van der Waals surface area contributed by atoms with Crippen LogP contribution in [0.4, 0.5) is 8.78 Å². The molecule has 0 radical (unpaired) electrons. The van der Waals surface area contributed by atoms with Crippen LogP contribution in [0.25, 0.3) is 0 Å². The summed E-state index contributed by atoms with van der Waals surface area (Å²) in [6, 6.07) is 11.9. The molecular weight excluding hydrogens is 266 g/mol. The molecule has 0 saturated heterocycles. The third kappa shape index (κ3) is 2.67. The Morgan fingerprint density at radius 3 is 2.30 bits per heavy atom. The molecule has 0 heterocycles. The van der Waals surface area contributed by atoms with Gasteiger partial charge in [0.2, 0.25) is 5.78 Å². The van der Waals surface area contributed by atoms with Gasteiger partial charge in [0.1, 0.15) is 5.75 Å². The third-order valence-corrected chi connectivity index (χ3v) is 2.87. The van der Waals surface area contributed by atoms with Gasteiger partial charge in [0, 0.05) is 5.56 Å². The van der Waals surface area contributed by atoms with E-state index in [4.69, 9.17) is 0 Å². The molecule has 0 aliphatic rings. The average Bonchev–Trinajstić information content (AvgIpc) is 2.46. The smallest absolute Gasteiger partial charge is 0.339 e. The van der Waals surface area contributed by atoms with Crippen LogP contribution >= 0.6 is 0 Å². The van der Waals surface area contributed by atoms with Crippen molar-refractivity contribution in [2.45, 2.75) is 12.0 Å². The maximum absolute atomic E-state index is 14.0. The van der Waals surface area contributed by atoms with Gasteiger partial charge in [0.25, 0.3) is 0 Å². The second-order valence-corrected chi connectivity index (χ2v) is 4.32. The minimum atomic E-state index is -3.98. The van der Waals surface area contributed by atoms with E-state index in [1.807, 2.05) is 0 Å². The van der Waals surface area contributed by atoms with Gasteiger partial charge < -0.3 is 10.2 Å². The molecule has 0 spiro atoms. The Morgan fingerprint density at radius 2 is 1.70 bits per heavy atom. The Balaban J connectivity index is 2.32. The van der Waals surface area contributed by atoms with Crippen LogP contribution in [0, 0.1) is 0 Å². The highest BCUT2D eigenvalue weighted by Crippen LogP contribution is 2.35. The number of carbonyl (C=O) groups is 1. The minimum Gasteiger partial charge on any atom is -0.508 e. The van der Waals surface area contributed by atoms with Crippen molar-refractivity contribution >= 4 is 5.78 Å². The lowest BCUT2D eigenvalue weighted by molar-refractivity contribution is -0.0793. The highest BCUT2D eigenvalue weighted by Gasteiger charge is 2.47. The first-order valence-corrected chi connectivity index (χ1v) is 5.87. The fraction of sp³-hybridized carbons (Fsp3) is 0.133. The zero-order chi connectivity index (χ0) is 14.8. The zero-order valence-corrected chi connectivity index (χ0v) is 10.3. The van der Waals surface area contributed by atoms with E-state index in [0.29, 0.717) is 0 Å². The molecule has 0 amide bonds. The Hall–Kier alpha value is -2.27. The van der Waals surface area contributed by atoms with E-state index in [1.165, 1.54) is 42.5 Å². The first-order valence-electron chi connectivity index (χ1n) is 5.87. The molecule has 0 aromatic heterocycles. The normalized spacial score (nSPS) is 12.9. The lowest BCUT2D eigenvalue weighted by atomic mass is 9.96. The summed E-state index contributed by atoms with van der Waals surface area (Å²) in [5.41, 5.74) is -0.406. The molecule has 0 aliphatic carbocycles. The summed E-state index contributed by atoms with van der Waals surface area (Å²) in [5, 5.41) is 19.0. The van der Waals surface area contributed by atoms with Gasteiger partial charge >= 0.3 is 5.92 Å². The molecule has 2 N–H and O–H groups in total. The van der Waals surface area contributed by atoms with Crippen molar-refractivity contribution in [2.75, 3.05) is 0 Å². The van der Waals surface area contributed by atoms with Crippen LogP contribution in [-0.4, -0.2) is 21.9 Å². The molecule has 0 bridgehead atoms. The van der Waals surface area contributed by atoms with E-state index in [2.05, 4.69) is 0 Å². The van der Waals surface area contributed by atoms with Crippen LogP contribution in [0.15, 0.2) is 54.6 Å². The molecule has 1 unspecified atom stereocenters. The van der Waals surface area contributed by atoms with Crippen LogP contribution in [0.3, 0.4) is 0 Å². The third-order valence-electron chi connectivity index (χ3n) is 2.87. The van der Waals surface area contributed by atoms with E-state index < -0.39 is 17.8 Å². The predicted molar refractivity (Wildman–Crippen MR) is 68.8 cm³/mol. The molecule has 0 saturated carbocycles. The lowest BCUT2D eigenvalue weighted by Gasteiger charge is -2.21.